The van der Waals surface area contributed by atoms with Gasteiger partial charge in [0.25, 0.3) is 0 Å². The number of pyridine rings is 4. The molecule has 0 unspecified atom stereocenters. The number of carboxylic acid groups (broad SMARTS) is 1. The van der Waals surface area contributed by atoms with Crippen LogP contribution in [0, 0.1) is 13.0 Å². The molecule has 0 aliphatic heterocycles. The van der Waals surface area contributed by atoms with Gasteiger partial charge >= 0.3 is 5.97 Å². The third kappa shape index (κ3) is 7.41. The van der Waals surface area contributed by atoms with E-state index in [0.29, 0.717) is 11.4 Å². The molecule has 7 rings (SSSR count). The van der Waals surface area contributed by atoms with Crippen LogP contribution in [0.1, 0.15) is 16.1 Å². The molecule has 1 radical (unpaired) electrons. The van der Waals surface area contributed by atoms with Crippen LogP contribution in [-0.4, -0.2) is 31.0 Å². The maximum absolute atomic E-state index is 11.3. The van der Waals surface area contributed by atoms with Crippen molar-refractivity contribution in [2.75, 3.05) is 0 Å². The van der Waals surface area contributed by atoms with Crippen molar-refractivity contribution in [2.24, 2.45) is 0 Å². The summed E-state index contributed by atoms with van der Waals surface area (Å²) in [5.74, 6) is -1.05. The molecule has 0 saturated heterocycles. The van der Waals surface area contributed by atoms with Crippen molar-refractivity contribution >= 4 is 16.7 Å². The molecule has 0 saturated carbocycles. The van der Waals surface area contributed by atoms with Crippen molar-refractivity contribution in [3.8, 4) is 45.0 Å². The number of hydrogen-bond donors (Lipinski definition) is 1. The minimum atomic E-state index is -1.05. The van der Waals surface area contributed by atoms with Crippen LogP contribution in [0.15, 0.2) is 140 Å². The van der Waals surface area contributed by atoms with Gasteiger partial charge in [0, 0.05) is 50.1 Å². The van der Waals surface area contributed by atoms with Crippen molar-refractivity contribution in [3.05, 3.63) is 157 Å². The Hall–Kier alpha value is -5.36. The van der Waals surface area contributed by atoms with E-state index in [-0.39, 0.29) is 25.8 Å². The third-order valence-electron chi connectivity index (χ3n) is 7.02. The molecule has 0 atom stereocenters. The fourth-order valence-electron chi connectivity index (χ4n) is 4.81. The quantitative estimate of drug-likeness (QED) is 0.177. The van der Waals surface area contributed by atoms with Crippen LogP contribution in [0.3, 0.4) is 0 Å². The minimum Gasteiger partial charge on any atom is -0.477 e. The normalized spacial score (nSPS) is 10.3. The molecule has 0 aliphatic rings. The van der Waals surface area contributed by atoms with Crippen LogP contribution in [0.2, 0.25) is 0 Å². The Labute approximate surface area is 274 Å². The zero-order valence-electron chi connectivity index (χ0n) is 24.3. The number of rotatable bonds is 5. The van der Waals surface area contributed by atoms with E-state index >= 15 is 0 Å². The van der Waals surface area contributed by atoms with Crippen LogP contribution >= 0.6 is 0 Å². The molecule has 4 heterocycles. The summed E-state index contributed by atoms with van der Waals surface area (Å²) in [6.45, 7) is 2.01. The first kappa shape index (κ1) is 31.1. The van der Waals surface area contributed by atoms with Gasteiger partial charge in [-0.05, 0) is 65.2 Å². The van der Waals surface area contributed by atoms with E-state index in [0.717, 1.165) is 44.6 Å². The molecule has 6 nitrogen and oxygen atoms in total. The maximum atomic E-state index is 11.3. The first-order chi connectivity index (χ1) is 21.5. The van der Waals surface area contributed by atoms with Crippen LogP contribution in [0.5, 0.6) is 0 Å². The van der Waals surface area contributed by atoms with Crippen molar-refractivity contribution in [3.63, 3.8) is 0 Å². The van der Waals surface area contributed by atoms with Gasteiger partial charge in [-0.15, -0.1) is 24.3 Å². The number of carbonyl (C=O) groups is 1. The summed E-state index contributed by atoms with van der Waals surface area (Å²) >= 11 is 0. The fraction of sp³-hybridized carbons (Fsp3) is 0.0263. The number of fused-ring (bicyclic) bond motifs is 1. The summed E-state index contributed by atoms with van der Waals surface area (Å²) in [7, 11) is 0. The van der Waals surface area contributed by atoms with Gasteiger partial charge in [0.1, 0.15) is 5.69 Å². The topological polar surface area (TPSA) is 88.9 Å². The Balaban J connectivity index is 0.000000174. The number of hydrogen-bond acceptors (Lipinski definition) is 5. The molecule has 4 aromatic heterocycles. The largest absolute Gasteiger partial charge is 0.477 e. The minimum absolute atomic E-state index is 0. The van der Waals surface area contributed by atoms with Gasteiger partial charge in [0.05, 0.1) is 11.4 Å². The molecular weight excluding hydrogens is 737 g/mol. The van der Waals surface area contributed by atoms with Crippen LogP contribution < -0.4 is 0 Å². The molecule has 0 fully saturated rings. The zero-order valence-corrected chi connectivity index (χ0v) is 26.7. The summed E-state index contributed by atoms with van der Waals surface area (Å²) in [6, 6.07) is 42.6. The average molecular weight is 764 g/mol. The molecule has 7 heteroatoms. The molecule has 0 aliphatic carbocycles. The zero-order chi connectivity index (χ0) is 30.3. The van der Waals surface area contributed by atoms with E-state index in [1.807, 2.05) is 116 Å². The Kier molecular flexibility index (Phi) is 9.95. The van der Waals surface area contributed by atoms with Gasteiger partial charge in [0.2, 0.25) is 0 Å². The molecule has 0 amide bonds. The SMILES string of the molecule is Cc1ccc(-c2cc(C(=O)O)nc(-c3ccccn3)c2)cc1.[Ir].[c-]1c(-c2ccccn2)cccc1-c1nccc2ccccc12. The van der Waals surface area contributed by atoms with Gasteiger partial charge in [0.15, 0.2) is 0 Å². The van der Waals surface area contributed by atoms with Gasteiger partial charge in [-0.2, -0.15) is 0 Å². The molecule has 1 N–H and O–H groups in total. The summed E-state index contributed by atoms with van der Waals surface area (Å²) < 4.78 is 0. The Morgan fingerprint density at radius 2 is 1.31 bits per heavy atom. The van der Waals surface area contributed by atoms with E-state index in [4.69, 9.17) is 0 Å². The molecule has 221 valence electrons. The smallest absolute Gasteiger partial charge is 0.354 e. The summed E-state index contributed by atoms with van der Waals surface area (Å²) in [4.78, 5) is 28.7. The summed E-state index contributed by atoms with van der Waals surface area (Å²) in [5, 5.41) is 11.6. The van der Waals surface area contributed by atoms with E-state index in [1.165, 1.54) is 5.39 Å². The fourth-order valence-corrected chi connectivity index (χ4v) is 4.81. The van der Waals surface area contributed by atoms with Gasteiger partial charge < -0.3 is 5.11 Å². The van der Waals surface area contributed by atoms with Crippen LogP contribution in [0.25, 0.3) is 55.8 Å². The predicted octanol–water partition coefficient (Wildman–Crippen LogP) is 8.58. The first-order valence-electron chi connectivity index (χ1n) is 14.1. The number of aromatic nitrogens is 4. The van der Waals surface area contributed by atoms with E-state index in [9.17, 15) is 9.90 Å². The number of carboxylic acids is 1. The summed E-state index contributed by atoms with van der Waals surface area (Å²) in [6.07, 6.45) is 5.31. The second kappa shape index (κ2) is 14.4. The molecular formula is C38H27IrN4O2-. The Morgan fingerprint density at radius 1 is 0.622 bits per heavy atom. The second-order valence-corrected chi connectivity index (χ2v) is 10.1. The van der Waals surface area contributed by atoms with E-state index < -0.39 is 5.97 Å². The van der Waals surface area contributed by atoms with Gasteiger partial charge in [-0.1, -0.05) is 83.4 Å². The molecule has 0 bridgehead atoms. The number of aryl methyl sites for hydroxylation is 1. The average Bonchev–Trinajstić information content (AvgIpc) is 3.09. The van der Waals surface area contributed by atoms with Crippen molar-refractivity contribution in [1.82, 2.24) is 19.9 Å². The predicted molar refractivity (Wildman–Crippen MR) is 174 cm³/mol. The van der Waals surface area contributed by atoms with Crippen LogP contribution in [-0.2, 0) is 20.1 Å². The molecule has 7 aromatic rings. The summed E-state index contributed by atoms with van der Waals surface area (Å²) in [5.41, 5.74) is 7.98. The third-order valence-corrected chi connectivity index (χ3v) is 7.02. The monoisotopic (exact) mass is 764 g/mol. The van der Waals surface area contributed by atoms with Gasteiger partial charge in [-0.3, -0.25) is 15.0 Å². The first-order valence-corrected chi connectivity index (χ1v) is 14.1. The van der Waals surface area contributed by atoms with Crippen molar-refractivity contribution in [2.45, 2.75) is 6.92 Å². The second-order valence-electron chi connectivity index (χ2n) is 10.1. The van der Waals surface area contributed by atoms with Crippen LogP contribution in [0.4, 0.5) is 0 Å². The van der Waals surface area contributed by atoms with E-state index in [2.05, 4.69) is 38.1 Å². The molecule has 45 heavy (non-hydrogen) atoms. The Bertz CT molecular complexity index is 2050. The van der Waals surface area contributed by atoms with Gasteiger partial charge in [-0.25, -0.2) is 9.78 Å². The maximum Gasteiger partial charge on any atom is 0.354 e. The van der Waals surface area contributed by atoms with Crippen molar-refractivity contribution in [1.29, 1.82) is 0 Å². The Morgan fingerprint density at radius 3 is 2.02 bits per heavy atom. The molecule has 0 spiro atoms. The standard InChI is InChI=1S/C20H13N2.C18H14N2O2.Ir/c1-2-9-18-15(6-1)11-13-22-20(18)17-8-5-7-16(14-17)19-10-3-4-12-21-19;1-12-5-7-13(8-6-12)14-10-16(15-4-2-3-9-19-15)20-17(11-14)18(21)22;/h1-13H;2-11H,1H3,(H,21,22);/q-1;;. The van der Waals surface area contributed by atoms with Crippen molar-refractivity contribution < 1.29 is 30.0 Å². The number of aromatic carboxylic acids is 1. The van der Waals surface area contributed by atoms with E-state index in [1.54, 1.807) is 18.5 Å². The molecule has 3 aromatic carbocycles. The number of benzene rings is 3. The number of nitrogens with zero attached hydrogens (tertiary/aromatic N) is 4.